The summed E-state index contributed by atoms with van der Waals surface area (Å²) in [6.45, 7) is 0. The van der Waals surface area contributed by atoms with Crippen LogP contribution in [0.3, 0.4) is 0 Å². The van der Waals surface area contributed by atoms with E-state index in [4.69, 9.17) is 11.6 Å². The van der Waals surface area contributed by atoms with Crippen molar-refractivity contribution >= 4 is 28.3 Å². The molecular weight excluding hydrogens is 306 g/mol. The van der Waals surface area contributed by atoms with Crippen molar-refractivity contribution in [3.8, 4) is 5.69 Å². The summed E-state index contributed by atoms with van der Waals surface area (Å²) in [6, 6.07) is 16.2. The minimum atomic E-state index is 0.00896. The van der Waals surface area contributed by atoms with Gasteiger partial charge in [-0.05, 0) is 48.7 Å². The highest BCUT2D eigenvalue weighted by molar-refractivity contribution is 6.31. The molecule has 1 atom stereocenters. The second kappa shape index (κ2) is 5.86. The molecule has 0 amide bonds. The molecule has 1 unspecified atom stereocenters. The largest absolute Gasteiger partial charge is 0.316 e. The maximum atomic E-state index is 12.4. The number of hydrogen-bond donors (Lipinski definition) is 0. The van der Waals surface area contributed by atoms with E-state index in [9.17, 15) is 4.79 Å². The first-order valence-corrected chi connectivity index (χ1v) is 8.50. The molecule has 23 heavy (non-hydrogen) atoms. The van der Waals surface area contributed by atoms with Crippen LogP contribution in [-0.4, -0.2) is 10.4 Å². The second-order valence-corrected chi connectivity index (χ2v) is 6.65. The second-order valence-electron chi connectivity index (χ2n) is 6.22. The lowest BCUT2D eigenvalue weighted by Gasteiger charge is -2.20. The zero-order valence-electron chi connectivity index (χ0n) is 12.8. The quantitative estimate of drug-likeness (QED) is 0.609. The van der Waals surface area contributed by atoms with E-state index in [2.05, 4.69) is 22.9 Å². The number of rotatable bonds is 2. The Morgan fingerprint density at radius 1 is 1.04 bits per heavy atom. The van der Waals surface area contributed by atoms with Crippen molar-refractivity contribution in [2.24, 2.45) is 0 Å². The molecule has 0 spiro atoms. The van der Waals surface area contributed by atoms with E-state index in [1.165, 1.54) is 0 Å². The Labute approximate surface area is 140 Å². The summed E-state index contributed by atoms with van der Waals surface area (Å²) in [5.41, 5.74) is 3.33. The van der Waals surface area contributed by atoms with Gasteiger partial charge in [0.05, 0.1) is 5.52 Å². The number of nitrogens with zero attached hydrogens (tertiary/aromatic N) is 1. The lowest BCUT2D eigenvalue weighted by atomic mass is 9.83. The van der Waals surface area contributed by atoms with Crippen molar-refractivity contribution in [2.45, 2.75) is 31.6 Å². The first kappa shape index (κ1) is 14.5. The van der Waals surface area contributed by atoms with Gasteiger partial charge in [0.1, 0.15) is 5.78 Å². The average molecular weight is 324 g/mol. The predicted octanol–water partition coefficient (Wildman–Crippen LogP) is 5.51. The van der Waals surface area contributed by atoms with Crippen molar-refractivity contribution in [3.05, 3.63) is 65.3 Å². The van der Waals surface area contributed by atoms with E-state index in [-0.39, 0.29) is 5.92 Å². The Morgan fingerprint density at radius 2 is 1.87 bits per heavy atom. The van der Waals surface area contributed by atoms with E-state index in [0.717, 1.165) is 41.4 Å². The number of carbonyl (C=O) groups is 1. The number of ketones is 1. The summed E-state index contributed by atoms with van der Waals surface area (Å²) in [4.78, 5) is 12.4. The number of Topliss-reactive ketones (excluding diaryl/α,β-unsaturated/α-hetero) is 1. The molecule has 3 aromatic rings. The van der Waals surface area contributed by atoms with Crippen molar-refractivity contribution < 1.29 is 4.79 Å². The van der Waals surface area contributed by atoms with Gasteiger partial charge in [-0.15, -0.1) is 0 Å². The third-order valence-corrected chi connectivity index (χ3v) is 5.00. The van der Waals surface area contributed by atoms with Crippen LogP contribution >= 0.6 is 11.6 Å². The third-order valence-electron chi connectivity index (χ3n) is 4.76. The van der Waals surface area contributed by atoms with Crippen LogP contribution in [-0.2, 0) is 4.79 Å². The van der Waals surface area contributed by atoms with Gasteiger partial charge in [0, 0.05) is 34.6 Å². The van der Waals surface area contributed by atoms with Crippen LogP contribution in [0.1, 0.15) is 37.2 Å². The van der Waals surface area contributed by atoms with Gasteiger partial charge in [0.2, 0.25) is 0 Å². The first-order chi connectivity index (χ1) is 11.2. The zero-order chi connectivity index (χ0) is 15.8. The topological polar surface area (TPSA) is 22.0 Å². The minimum absolute atomic E-state index is 0.00896. The molecule has 116 valence electrons. The van der Waals surface area contributed by atoms with E-state index >= 15 is 0 Å². The summed E-state index contributed by atoms with van der Waals surface area (Å²) < 4.78 is 2.17. The molecule has 3 heteroatoms. The fourth-order valence-electron chi connectivity index (χ4n) is 3.62. The molecule has 1 aromatic heterocycles. The molecule has 1 aliphatic carbocycles. The number of halogens is 1. The smallest absolute Gasteiger partial charge is 0.140 e. The number of hydrogen-bond acceptors (Lipinski definition) is 1. The number of para-hydroxylation sites is 1. The molecule has 1 fully saturated rings. The molecular formula is C20H18ClNO. The van der Waals surface area contributed by atoms with Crippen LogP contribution in [0, 0.1) is 0 Å². The molecule has 0 saturated heterocycles. The molecule has 0 bridgehead atoms. The Kier molecular flexibility index (Phi) is 3.70. The Bertz CT molecular complexity index is 866. The summed E-state index contributed by atoms with van der Waals surface area (Å²) in [7, 11) is 0. The van der Waals surface area contributed by atoms with E-state index in [1.54, 1.807) is 0 Å². The van der Waals surface area contributed by atoms with Crippen molar-refractivity contribution in [1.82, 2.24) is 4.57 Å². The van der Waals surface area contributed by atoms with Gasteiger partial charge in [-0.2, -0.15) is 0 Å². The molecule has 1 saturated carbocycles. The third kappa shape index (κ3) is 2.57. The molecule has 0 aliphatic heterocycles. The summed E-state index contributed by atoms with van der Waals surface area (Å²) in [5.74, 6) is 0.373. The maximum absolute atomic E-state index is 12.4. The van der Waals surface area contributed by atoms with Crippen LogP contribution in [0.15, 0.2) is 54.7 Å². The lowest BCUT2D eigenvalue weighted by Crippen LogP contribution is -2.16. The van der Waals surface area contributed by atoms with Gasteiger partial charge in [-0.1, -0.05) is 36.2 Å². The van der Waals surface area contributed by atoms with Crippen LogP contribution in [0.2, 0.25) is 5.02 Å². The fraction of sp³-hybridized carbons (Fsp3) is 0.250. The summed E-state index contributed by atoms with van der Waals surface area (Å²) >= 11 is 6.23. The first-order valence-electron chi connectivity index (χ1n) is 8.13. The number of aromatic nitrogens is 1. The predicted molar refractivity (Wildman–Crippen MR) is 94.5 cm³/mol. The van der Waals surface area contributed by atoms with Crippen LogP contribution < -0.4 is 0 Å². The monoisotopic (exact) mass is 323 g/mol. The van der Waals surface area contributed by atoms with Crippen LogP contribution in [0.5, 0.6) is 0 Å². The van der Waals surface area contributed by atoms with Gasteiger partial charge < -0.3 is 4.57 Å². The standard InChI is InChI=1S/C20H18ClNO/c21-14-10-11-19-17(12-14)18(16-8-4-5-9-20(16)23)13-22(19)15-6-2-1-3-7-15/h1-3,6-7,10-13,16H,4-5,8-9H2. The van der Waals surface area contributed by atoms with Crippen molar-refractivity contribution in [1.29, 1.82) is 0 Å². The highest BCUT2D eigenvalue weighted by atomic mass is 35.5. The van der Waals surface area contributed by atoms with Gasteiger partial charge >= 0.3 is 0 Å². The van der Waals surface area contributed by atoms with Crippen LogP contribution in [0.4, 0.5) is 0 Å². The van der Waals surface area contributed by atoms with E-state index < -0.39 is 0 Å². The molecule has 0 N–H and O–H groups in total. The van der Waals surface area contributed by atoms with Gasteiger partial charge in [-0.25, -0.2) is 0 Å². The number of benzene rings is 2. The Morgan fingerprint density at radius 3 is 2.65 bits per heavy atom. The van der Waals surface area contributed by atoms with Gasteiger partial charge in [-0.3, -0.25) is 4.79 Å². The molecule has 1 heterocycles. The molecule has 4 rings (SSSR count). The highest BCUT2D eigenvalue weighted by Crippen LogP contribution is 2.37. The molecule has 0 radical (unpaired) electrons. The van der Waals surface area contributed by atoms with Crippen LogP contribution in [0.25, 0.3) is 16.6 Å². The zero-order valence-corrected chi connectivity index (χ0v) is 13.6. The number of fused-ring (bicyclic) bond motifs is 1. The lowest BCUT2D eigenvalue weighted by molar-refractivity contribution is -0.121. The fourth-order valence-corrected chi connectivity index (χ4v) is 3.79. The van der Waals surface area contributed by atoms with E-state index in [1.807, 2.05) is 36.4 Å². The maximum Gasteiger partial charge on any atom is 0.140 e. The van der Waals surface area contributed by atoms with Gasteiger partial charge in [0.15, 0.2) is 0 Å². The van der Waals surface area contributed by atoms with Crippen molar-refractivity contribution in [3.63, 3.8) is 0 Å². The van der Waals surface area contributed by atoms with Crippen molar-refractivity contribution in [2.75, 3.05) is 0 Å². The molecule has 2 nitrogen and oxygen atoms in total. The SMILES string of the molecule is O=C1CCCCC1c1cn(-c2ccccc2)c2ccc(Cl)cc12. The Balaban J connectivity index is 1.94. The average Bonchev–Trinajstić information content (AvgIpc) is 2.94. The minimum Gasteiger partial charge on any atom is -0.316 e. The summed E-state index contributed by atoms with van der Waals surface area (Å²) in [6.07, 6.45) is 5.91. The summed E-state index contributed by atoms with van der Waals surface area (Å²) in [5, 5.41) is 1.81. The highest BCUT2D eigenvalue weighted by Gasteiger charge is 2.27. The van der Waals surface area contributed by atoms with E-state index in [0.29, 0.717) is 17.2 Å². The Hall–Kier alpha value is -2.06. The normalized spacial score (nSPS) is 18.5. The van der Waals surface area contributed by atoms with Gasteiger partial charge in [0.25, 0.3) is 0 Å². The molecule has 1 aliphatic rings. The number of carbonyl (C=O) groups excluding carboxylic acids is 1. The molecule has 2 aromatic carbocycles.